The van der Waals surface area contributed by atoms with Crippen molar-refractivity contribution in [3.63, 3.8) is 0 Å². The summed E-state index contributed by atoms with van der Waals surface area (Å²) < 4.78 is 7.43. The highest BCUT2D eigenvalue weighted by atomic mass is 32.2. The topological polar surface area (TPSA) is 130 Å². The van der Waals surface area contributed by atoms with Gasteiger partial charge in [0.2, 0.25) is 11.1 Å². The van der Waals surface area contributed by atoms with E-state index in [0.717, 1.165) is 11.4 Å². The first-order chi connectivity index (χ1) is 11.9. The Hall–Kier alpha value is -2.56. The van der Waals surface area contributed by atoms with Crippen LogP contribution in [0.5, 0.6) is 0 Å². The van der Waals surface area contributed by atoms with Gasteiger partial charge in [0, 0.05) is 18.7 Å². The molecule has 0 spiro atoms. The summed E-state index contributed by atoms with van der Waals surface area (Å²) in [7, 11) is 1.33. The number of carbonyl (C=O) groups excluding carboxylic acids is 2. The molecule has 0 fully saturated rings. The SMILES string of the molecule is COC(=O)CCCNC(=O)CSc1nnc(-n2nc(C)cc2C)n1N. The van der Waals surface area contributed by atoms with Crippen LogP contribution in [0.3, 0.4) is 0 Å². The van der Waals surface area contributed by atoms with Gasteiger partial charge in [-0.05, 0) is 26.3 Å². The second kappa shape index (κ2) is 8.51. The predicted molar refractivity (Wildman–Crippen MR) is 91.8 cm³/mol. The quantitative estimate of drug-likeness (QED) is 0.288. The molecule has 2 aromatic rings. The van der Waals surface area contributed by atoms with Gasteiger partial charge in [0.15, 0.2) is 0 Å². The van der Waals surface area contributed by atoms with Crippen LogP contribution in [0.25, 0.3) is 5.95 Å². The van der Waals surface area contributed by atoms with Crippen LogP contribution in [0.4, 0.5) is 0 Å². The van der Waals surface area contributed by atoms with Crippen molar-refractivity contribution in [3.05, 3.63) is 17.5 Å². The van der Waals surface area contributed by atoms with Gasteiger partial charge in [-0.3, -0.25) is 9.59 Å². The molecule has 10 nitrogen and oxygen atoms in total. The number of nitrogens with two attached hydrogens (primary N) is 1. The normalized spacial score (nSPS) is 10.7. The van der Waals surface area contributed by atoms with E-state index >= 15 is 0 Å². The molecule has 25 heavy (non-hydrogen) atoms. The zero-order chi connectivity index (χ0) is 18.4. The lowest BCUT2D eigenvalue weighted by Gasteiger charge is -2.06. The number of amides is 1. The Morgan fingerprint density at radius 2 is 2.12 bits per heavy atom. The molecule has 0 saturated carbocycles. The number of hydrogen-bond donors (Lipinski definition) is 2. The van der Waals surface area contributed by atoms with E-state index in [1.54, 1.807) is 4.68 Å². The molecule has 3 N–H and O–H groups in total. The van der Waals surface area contributed by atoms with E-state index in [0.29, 0.717) is 24.1 Å². The van der Waals surface area contributed by atoms with E-state index in [1.165, 1.54) is 23.5 Å². The van der Waals surface area contributed by atoms with Crippen LogP contribution in [0.1, 0.15) is 24.2 Å². The molecule has 0 unspecified atom stereocenters. The second-order valence-electron chi connectivity index (χ2n) is 5.31. The molecule has 0 aliphatic carbocycles. The third-order valence-corrected chi connectivity index (χ3v) is 4.23. The van der Waals surface area contributed by atoms with Gasteiger partial charge < -0.3 is 15.9 Å². The number of ether oxygens (including phenoxy) is 1. The zero-order valence-electron chi connectivity index (χ0n) is 14.4. The van der Waals surface area contributed by atoms with Gasteiger partial charge in [0.25, 0.3) is 5.95 Å². The lowest BCUT2D eigenvalue weighted by atomic mass is 10.3. The minimum atomic E-state index is -0.295. The number of thioether (sulfide) groups is 1. The van der Waals surface area contributed by atoms with Crippen molar-refractivity contribution in [1.29, 1.82) is 0 Å². The number of methoxy groups -OCH3 is 1. The fraction of sp³-hybridized carbons (Fsp3) is 0.500. The Balaban J connectivity index is 1.84. The molecule has 0 bridgehead atoms. The lowest BCUT2D eigenvalue weighted by molar-refractivity contribution is -0.140. The molecule has 11 heteroatoms. The summed E-state index contributed by atoms with van der Waals surface area (Å²) in [5.41, 5.74) is 1.73. The number of nitrogens with one attached hydrogen (secondary N) is 1. The Kier molecular flexibility index (Phi) is 6.39. The van der Waals surface area contributed by atoms with Crippen LogP contribution in [-0.4, -0.2) is 55.9 Å². The average Bonchev–Trinajstić information content (AvgIpc) is 3.10. The van der Waals surface area contributed by atoms with Gasteiger partial charge >= 0.3 is 5.97 Å². The van der Waals surface area contributed by atoms with Crippen LogP contribution < -0.4 is 11.2 Å². The number of aromatic nitrogens is 5. The van der Waals surface area contributed by atoms with Crippen molar-refractivity contribution in [3.8, 4) is 5.95 Å². The number of rotatable bonds is 8. The van der Waals surface area contributed by atoms with Gasteiger partial charge in [0.05, 0.1) is 18.6 Å². The van der Waals surface area contributed by atoms with Gasteiger partial charge in [-0.2, -0.15) is 5.10 Å². The minimum absolute atomic E-state index is 0.144. The van der Waals surface area contributed by atoms with Gasteiger partial charge in [0.1, 0.15) is 0 Å². The monoisotopic (exact) mass is 367 g/mol. The van der Waals surface area contributed by atoms with Crippen molar-refractivity contribution < 1.29 is 14.3 Å². The molecule has 136 valence electrons. The summed E-state index contributed by atoms with van der Waals surface area (Å²) in [6.07, 6.45) is 0.797. The third kappa shape index (κ3) is 4.95. The van der Waals surface area contributed by atoms with Gasteiger partial charge in [-0.1, -0.05) is 11.8 Å². The summed E-state index contributed by atoms with van der Waals surface area (Å²) in [6.45, 7) is 4.17. The van der Waals surface area contributed by atoms with Crippen LogP contribution in [-0.2, 0) is 14.3 Å². The van der Waals surface area contributed by atoms with E-state index in [9.17, 15) is 9.59 Å². The molecular formula is C14H21N7O3S. The third-order valence-electron chi connectivity index (χ3n) is 3.29. The van der Waals surface area contributed by atoms with E-state index in [1.807, 2.05) is 19.9 Å². The summed E-state index contributed by atoms with van der Waals surface area (Å²) in [5, 5.41) is 15.5. The second-order valence-corrected chi connectivity index (χ2v) is 6.25. The highest BCUT2D eigenvalue weighted by Crippen LogP contribution is 2.17. The largest absolute Gasteiger partial charge is 0.469 e. The first-order valence-corrected chi connectivity index (χ1v) is 8.61. The van der Waals surface area contributed by atoms with E-state index < -0.39 is 0 Å². The highest BCUT2D eigenvalue weighted by molar-refractivity contribution is 7.99. The molecule has 2 rings (SSSR count). The van der Waals surface area contributed by atoms with E-state index in [2.05, 4.69) is 25.3 Å². The van der Waals surface area contributed by atoms with Crippen molar-refractivity contribution in [1.82, 2.24) is 30.0 Å². The Morgan fingerprint density at radius 3 is 2.76 bits per heavy atom. The molecule has 0 saturated heterocycles. The van der Waals surface area contributed by atoms with Crippen molar-refractivity contribution in [2.24, 2.45) is 0 Å². The first kappa shape index (κ1) is 18.8. The Morgan fingerprint density at radius 1 is 1.36 bits per heavy atom. The maximum atomic E-state index is 11.8. The van der Waals surface area contributed by atoms with Crippen molar-refractivity contribution in [2.75, 3.05) is 25.3 Å². The van der Waals surface area contributed by atoms with Crippen LogP contribution in [0, 0.1) is 13.8 Å². The molecule has 2 aromatic heterocycles. The summed E-state index contributed by atoms with van der Waals surface area (Å²) in [5.74, 6) is 6.05. The maximum absolute atomic E-state index is 11.8. The highest BCUT2D eigenvalue weighted by Gasteiger charge is 2.16. The molecule has 0 aliphatic rings. The molecule has 0 aliphatic heterocycles. The number of esters is 1. The molecule has 0 atom stereocenters. The molecule has 2 heterocycles. The van der Waals surface area contributed by atoms with Crippen molar-refractivity contribution >= 4 is 23.6 Å². The standard InChI is InChI=1S/C14H21N7O3S/c1-9-7-10(2)21(19-9)13-17-18-14(20(13)15)25-8-11(22)16-6-4-5-12(23)24-3/h7H,4-6,8,15H2,1-3H3,(H,16,22). The fourth-order valence-electron chi connectivity index (χ4n) is 2.09. The summed E-state index contributed by atoms with van der Waals surface area (Å²) in [4.78, 5) is 22.8. The van der Waals surface area contributed by atoms with E-state index in [4.69, 9.17) is 5.84 Å². The molecular weight excluding hydrogens is 346 g/mol. The number of hydrogen-bond acceptors (Lipinski definition) is 8. The Labute approximate surface area is 149 Å². The molecule has 0 radical (unpaired) electrons. The number of aryl methyl sites for hydroxylation is 2. The summed E-state index contributed by atoms with van der Waals surface area (Å²) >= 11 is 1.17. The van der Waals surface area contributed by atoms with Gasteiger partial charge in [-0.25, -0.2) is 9.36 Å². The predicted octanol–water partition coefficient (Wildman–Crippen LogP) is -0.0441. The Bertz CT molecular complexity index is 756. The molecule has 1 amide bonds. The smallest absolute Gasteiger partial charge is 0.305 e. The number of nitrogens with zero attached hydrogens (tertiary/aromatic N) is 5. The van der Waals surface area contributed by atoms with E-state index in [-0.39, 0.29) is 24.1 Å². The molecule has 0 aromatic carbocycles. The van der Waals surface area contributed by atoms with Crippen molar-refractivity contribution in [2.45, 2.75) is 31.8 Å². The van der Waals surface area contributed by atoms with Crippen LogP contribution in [0.2, 0.25) is 0 Å². The summed E-state index contributed by atoms with van der Waals surface area (Å²) in [6, 6.07) is 1.91. The minimum Gasteiger partial charge on any atom is -0.469 e. The van der Waals surface area contributed by atoms with Gasteiger partial charge in [-0.15, -0.1) is 10.2 Å². The van der Waals surface area contributed by atoms with Crippen LogP contribution >= 0.6 is 11.8 Å². The zero-order valence-corrected chi connectivity index (χ0v) is 15.2. The fourth-order valence-corrected chi connectivity index (χ4v) is 2.77. The lowest BCUT2D eigenvalue weighted by Crippen LogP contribution is -2.27. The number of nitrogen functional groups attached to an aromatic ring is 1. The van der Waals surface area contributed by atoms with Crippen LogP contribution in [0.15, 0.2) is 11.2 Å². The first-order valence-electron chi connectivity index (χ1n) is 7.62. The maximum Gasteiger partial charge on any atom is 0.305 e. The number of carbonyl (C=O) groups is 2. The average molecular weight is 367 g/mol.